The summed E-state index contributed by atoms with van der Waals surface area (Å²) in [5, 5.41) is 12.2. The fourth-order valence-electron chi connectivity index (χ4n) is 3.67. The van der Waals surface area contributed by atoms with Gasteiger partial charge in [0, 0.05) is 34.1 Å². The highest BCUT2D eigenvalue weighted by atomic mass is 19.1. The minimum absolute atomic E-state index is 0.199. The molecule has 0 unspecified atom stereocenters. The van der Waals surface area contributed by atoms with Crippen LogP contribution < -0.4 is 5.32 Å². The fourth-order valence-corrected chi connectivity index (χ4v) is 3.67. The van der Waals surface area contributed by atoms with Crippen molar-refractivity contribution in [2.75, 3.05) is 5.32 Å². The number of aromatic nitrogens is 2. The van der Waals surface area contributed by atoms with Gasteiger partial charge < -0.3 is 10.4 Å². The maximum Gasteiger partial charge on any atom is 0.335 e. The molecule has 0 fully saturated rings. The van der Waals surface area contributed by atoms with Gasteiger partial charge in [0.1, 0.15) is 5.82 Å². The van der Waals surface area contributed by atoms with Gasteiger partial charge in [-0.15, -0.1) is 0 Å². The monoisotopic (exact) mass is 424 g/mol. The van der Waals surface area contributed by atoms with E-state index < -0.39 is 5.97 Å². The van der Waals surface area contributed by atoms with Crippen molar-refractivity contribution in [2.45, 2.75) is 6.54 Å². The zero-order valence-electron chi connectivity index (χ0n) is 16.8. The predicted octanol–water partition coefficient (Wildman–Crippen LogP) is 5.08. The van der Waals surface area contributed by atoms with Crippen molar-refractivity contribution in [1.82, 2.24) is 9.97 Å². The highest BCUT2D eigenvalue weighted by Crippen LogP contribution is 2.32. The van der Waals surface area contributed by atoms with Crippen molar-refractivity contribution < 1.29 is 14.3 Å². The molecule has 1 aliphatic rings. The number of aromatic carboxylic acids is 1. The van der Waals surface area contributed by atoms with Crippen LogP contribution >= 0.6 is 0 Å². The molecule has 6 nitrogen and oxygen atoms in total. The summed E-state index contributed by atoms with van der Waals surface area (Å²) in [5.41, 5.74) is 5.07. The molecule has 32 heavy (non-hydrogen) atoms. The molecule has 2 N–H and O–H groups in total. The molecular formula is C25H17FN4O2. The number of carbonyl (C=O) groups is 1. The van der Waals surface area contributed by atoms with E-state index in [9.17, 15) is 9.18 Å². The van der Waals surface area contributed by atoms with E-state index in [1.807, 2.05) is 24.3 Å². The number of rotatable bonds is 4. The number of carboxylic acids is 1. The molecule has 3 aromatic carbocycles. The number of fused-ring (bicyclic) bond motifs is 3. The quantitative estimate of drug-likeness (QED) is 0.477. The second kappa shape index (κ2) is 8.03. The summed E-state index contributed by atoms with van der Waals surface area (Å²) in [6.45, 7) is 0.321. The SMILES string of the molecule is O=C(O)c1ccc(Nc2ncc3c(n2)-c2ccccc2C(c2ccccc2F)=NC3)cc1. The van der Waals surface area contributed by atoms with Gasteiger partial charge in [0.2, 0.25) is 5.95 Å². The van der Waals surface area contributed by atoms with Crippen LogP contribution in [0.5, 0.6) is 0 Å². The summed E-state index contributed by atoms with van der Waals surface area (Å²) in [7, 11) is 0. The average molecular weight is 424 g/mol. The van der Waals surface area contributed by atoms with Gasteiger partial charge in [0.15, 0.2) is 0 Å². The first kappa shape index (κ1) is 19.6. The first-order chi connectivity index (χ1) is 15.6. The lowest BCUT2D eigenvalue weighted by molar-refractivity contribution is 0.0697. The fraction of sp³-hybridized carbons (Fsp3) is 0.0400. The van der Waals surface area contributed by atoms with Gasteiger partial charge in [-0.1, -0.05) is 36.4 Å². The van der Waals surface area contributed by atoms with Crippen molar-refractivity contribution in [3.8, 4) is 11.3 Å². The van der Waals surface area contributed by atoms with Crippen LogP contribution in [0, 0.1) is 5.82 Å². The lowest BCUT2D eigenvalue weighted by atomic mass is 9.95. The molecule has 1 aliphatic heterocycles. The molecule has 4 aromatic rings. The second-order valence-electron chi connectivity index (χ2n) is 7.27. The van der Waals surface area contributed by atoms with E-state index in [0.717, 1.165) is 22.4 Å². The van der Waals surface area contributed by atoms with E-state index >= 15 is 0 Å². The first-order valence-electron chi connectivity index (χ1n) is 9.95. The van der Waals surface area contributed by atoms with Crippen molar-refractivity contribution in [2.24, 2.45) is 4.99 Å². The molecule has 0 bridgehead atoms. The third kappa shape index (κ3) is 3.60. The van der Waals surface area contributed by atoms with Crippen LogP contribution in [0.4, 0.5) is 16.0 Å². The van der Waals surface area contributed by atoms with E-state index in [1.165, 1.54) is 18.2 Å². The molecule has 5 rings (SSSR count). The number of benzene rings is 3. The standard InChI is InChI=1S/C25H17FN4O2/c26-21-8-4-3-7-20(21)23-19-6-2-1-5-18(19)22-16(13-27-23)14-28-25(30-22)29-17-11-9-15(10-12-17)24(31)32/h1-12,14H,13H2,(H,31,32)(H,28,29,30). The second-order valence-corrected chi connectivity index (χ2v) is 7.27. The van der Waals surface area contributed by atoms with Crippen molar-refractivity contribution in [3.63, 3.8) is 0 Å². The van der Waals surface area contributed by atoms with Gasteiger partial charge in [0.05, 0.1) is 23.5 Å². The first-order valence-corrected chi connectivity index (χ1v) is 9.95. The molecule has 0 radical (unpaired) electrons. The Bertz CT molecular complexity index is 1370. The summed E-state index contributed by atoms with van der Waals surface area (Å²) in [4.78, 5) is 24.9. The Morgan fingerprint density at radius 2 is 1.59 bits per heavy atom. The Morgan fingerprint density at radius 1 is 0.906 bits per heavy atom. The van der Waals surface area contributed by atoms with Gasteiger partial charge in [-0.3, -0.25) is 4.99 Å². The van der Waals surface area contributed by atoms with Gasteiger partial charge in [-0.2, -0.15) is 0 Å². The van der Waals surface area contributed by atoms with Gasteiger partial charge in [-0.25, -0.2) is 19.2 Å². The van der Waals surface area contributed by atoms with Gasteiger partial charge in [0.25, 0.3) is 0 Å². The van der Waals surface area contributed by atoms with E-state index in [2.05, 4.69) is 10.3 Å². The summed E-state index contributed by atoms with van der Waals surface area (Å²) in [5.74, 6) is -0.943. The molecule has 0 saturated heterocycles. The molecule has 0 atom stereocenters. The highest BCUT2D eigenvalue weighted by molar-refractivity contribution is 6.16. The maximum atomic E-state index is 14.6. The number of carboxylic acid groups (broad SMARTS) is 1. The number of nitrogens with zero attached hydrogens (tertiary/aromatic N) is 3. The van der Waals surface area contributed by atoms with Crippen LogP contribution in [0.3, 0.4) is 0 Å². The molecule has 156 valence electrons. The molecule has 7 heteroatoms. The van der Waals surface area contributed by atoms with Crippen LogP contribution in [0.1, 0.15) is 27.0 Å². The molecule has 2 heterocycles. The molecule has 1 aromatic heterocycles. The third-order valence-corrected chi connectivity index (χ3v) is 5.23. The molecule has 0 amide bonds. The molecular weight excluding hydrogens is 407 g/mol. The largest absolute Gasteiger partial charge is 0.478 e. The normalized spacial score (nSPS) is 12.2. The van der Waals surface area contributed by atoms with Crippen LogP contribution in [0.15, 0.2) is 84.0 Å². The zero-order valence-corrected chi connectivity index (χ0v) is 16.8. The van der Waals surface area contributed by atoms with E-state index in [0.29, 0.717) is 29.5 Å². The van der Waals surface area contributed by atoms with Crippen LogP contribution in [-0.4, -0.2) is 26.8 Å². The minimum Gasteiger partial charge on any atom is -0.478 e. The Morgan fingerprint density at radius 3 is 2.31 bits per heavy atom. The predicted molar refractivity (Wildman–Crippen MR) is 120 cm³/mol. The minimum atomic E-state index is -0.986. The maximum absolute atomic E-state index is 14.6. The molecule has 0 spiro atoms. The van der Waals surface area contributed by atoms with Crippen molar-refractivity contribution >= 4 is 23.3 Å². The summed E-state index contributed by atoms with van der Waals surface area (Å²) in [6, 6.07) is 20.6. The van der Waals surface area contributed by atoms with Gasteiger partial charge in [-0.05, 0) is 36.4 Å². The number of aliphatic imine (C=N–C) groups is 1. The van der Waals surface area contributed by atoms with Crippen LogP contribution in [-0.2, 0) is 6.54 Å². The van der Waals surface area contributed by atoms with Crippen LogP contribution in [0.2, 0.25) is 0 Å². The topological polar surface area (TPSA) is 87.5 Å². The summed E-state index contributed by atoms with van der Waals surface area (Å²) < 4.78 is 14.6. The third-order valence-electron chi connectivity index (χ3n) is 5.23. The van der Waals surface area contributed by atoms with Crippen LogP contribution in [0.25, 0.3) is 11.3 Å². The van der Waals surface area contributed by atoms with E-state index in [4.69, 9.17) is 15.1 Å². The summed E-state index contributed by atoms with van der Waals surface area (Å²) in [6.07, 6.45) is 1.71. The zero-order chi connectivity index (χ0) is 22.1. The lowest BCUT2D eigenvalue weighted by Crippen LogP contribution is -2.07. The van der Waals surface area contributed by atoms with Gasteiger partial charge >= 0.3 is 5.97 Å². The Hall–Kier alpha value is -4.39. The number of hydrogen-bond donors (Lipinski definition) is 2. The molecule has 0 saturated carbocycles. The highest BCUT2D eigenvalue weighted by Gasteiger charge is 2.22. The average Bonchev–Trinajstić information content (AvgIpc) is 2.97. The number of hydrogen-bond acceptors (Lipinski definition) is 5. The number of anilines is 2. The Labute approximate surface area is 183 Å². The molecule has 0 aliphatic carbocycles. The van der Waals surface area contributed by atoms with E-state index in [1.54, 1.807) is 36.5 Å². The Kier molecular flexibility index (Phi) is 4.91. The van der Waals surface area contributed by atoms with Crippen molar-refractivity contribution in [1.29, 1.82) is 0 Å². The van der Waals surface area contributed by atoms with E-state index in [-0.39, 0.29) is 11.4 Å². The smallest absolute Gasteiger partial charge is 0.335 e. The lowest BCUT2D eigenvalue weighted by Gasteiger charge is -2.12. The Balaban J connectivity index is 1.55. The number of halogens is 1. The summed E-state index contributed by atoms with van der Waals surface area (Å²) >= 11 is 0. The van der Waals surface area contributed by atoms with Crippen molar-refractivity contribution in [3.05, 3.63) is 107 Å². The number of nitrogens with one attached hydrogen (secondary N) is 1.